The molecule has 3 nitrogen and oxygen atoms in total. The number of anilines is 1. The summed E-state index contributed by atoms with van der Waals surface area (Å²) >= 11 is 0. The summed E-state index contributed by atoms with van der Waals surface area (Å²) in [5.74, 6) is 1.85. The molecule has 0 saturated carbocycles. The van der Waals surface area contributed by atoms with E-state index < -0.39 is 0 Å². The normalized spacial score (nSPS) is 11.0. The summed E-state index contributed by atoms with van der Waals surface area (Å²) in [6.45, 7) is 11.5. The molecule has 2 aromatic rings. The zero-order valence-electron chi connectivity index (χ0n) is 12.5. The summed E-state index contributed by atoms with van der Waals surface area (Å²) in [7, 11) is 0. The maximum atomic E-state index is 6.28. The van der Waals surface area contributed by atoms with Crippen molar-refractivity contribution >= 4 is 5.82 Å². The van der Waals surface area contributed by atoms with Gasteiger partial charge < -0.3 is 10.3 Å². The van der Waals surface area contributed by atoms with E-state index in [9.17, 15) is 0 Å². The van der Waals surface area contributed by atoms with Crippen molar-refractivity contribution in [1.29, 1.82) is 0 Å². The number of nitrogens with two attached hydrogens (primary N) is 1. The van der Waals surface area contributed by atoms with Gasteiger partial charge in [-0.05, 0) is 50.5 Å². The van der Waals surface area contributed by atoms with Gasteiger partial charge in [0.15, 0.2) is 0 Å². The molecule has 2 rings (SSSR count). The molecular formula is C16H23N3. The number of rotatable bonds is 3. The first kappa shape index (κ1) is 13.7. The van der Waals surface area contributed by atoms with Gasteiger partial charge >= 0.3 is 0 Å². The van der Waals surface area contributed by atoms with Crippen LogP contribution in [0.5, 0.6) is 0 Å². The summed E-state index contributed by atoms with van der Waals surface area (Å²) in [5, 5.41) is 0. The predicted octanol–water partition coefficient (Wildman–Crippen LogP) is 3.64. The van der Waals surface area contributed by atoms with Gasteiger partial charge in [0.05, 0.1) is 0 Å². The quantitative estimate of drug-likeness (QED) is 0.912. The van der Waals surface area contributed by atoms with Gasteiger partial charge in [0, 0.05) is 18.5 Å². The highest BCUT2D eigenvalue weighted by atomic mass is 15.1. The van der Waals surface area contributed by atoms with E-state index in [0.717, 1.165) is 35.9 Å². The molecule has 102 valence electrons. The van der Waals surface area contributed by atoms with Crippen LogP contribution in [0.2, 0.25) is 0 Å². The molecule has 19 heavy (non-hydrogen) atoms. The number of aryl methyl sites for hydroxylation is 4. The molecule has 0 atom stereocenters. The number of benzene rings is 1. The molecule has 3 heteroatoms. The van der Waals surface area contributed by atoms with Crippen molar-refractivity contribution in [3.8, 4) is 11.3 Å². The first-order valence-electron chi connectivity index (χ1n) is 6.92. The molecule has 1 aromatic carbocycles. The lowest BCUT2D eigenvalue weighted by Crippen LogP contribution is -2.04. The molecule has 0 fully saturated rings. The first-order chi connectivity index (χ1) is 8.99. The first-order valence-corrected chi connectivity index (χ1v) is 6.92. The molecular weight excluding hydrogens is 234 g/mol. The molecule has 0 aliphatic carbocycles. The van der Waals surface area contributed by atoms with Gasteiger partial charge in [0.2, 0.25) is 0 Å². The van der Waals surface area contributed by atoms with Crippen molar-refractivity contribution in [1.82, 2.24) is 9.55 Å². The van der Waals surface area contributed by atoms with Crippen molar-refractivity contribution in [3.05, 3.63) is 34.6 Å². The standard InChI is InChI=1S/C16H23N3/c1-6-14-18-15(16(17)19(14)7-2)13-9-11(4)10(3)8-12(13)5/h8-9H,6-7,17H2,1-5H3. The highest BCUT2D eigenvalue weighted by Crippen LogP contribution is 2.31. The van der Waals surface area contributed by atoms with Crippen molar-refractivity contribution in [2.24, 2.45) is 0 Å². The monoisotopic (exact) mass is 257 g/mol. The minimum atomic E-state index is 0.783. The average Bonchev–Trinajstić information content (AvgIpc) is 2.70. The van der Waals surface area contributed by atoms with Gasteiger partial charge in [-0.2, -0.15) is 0 Å². The van der Waals surface area contributed by atoms with Crippen LogP contribution >= 0.6 is 0 Å². The van der Waals surface area contributed by atoms with E-state index in [0.29, 0.717) is 0 Å². The molecule has 0 amide bonds. The van der Waals surface area contributed by atoms with Gasteiger partial charge in [-0.25, -0.2) is 4.98 Å². The van der Waals surface area contributed by atoms with Crippen molar-refractivity contribution in [2.75, 3.05) is 5.73 Å². The Balaban J connectivity index is 2.65. The highest BCUT2D eigenvalue weighted by Gasteiger charge is 2.16. The van der Waals surface area contributed by atoms with E-state index in [1.165, 1.54) is 16.7 Å². The summed E-state index contributed by atoms with van der Waals surface area (Å²) in [6, 6.07) is 4.41. The second kappa shape index (κ2) is 5.08. The number of hydrogen-bond acceptors (Lipinski definition) is 2. The van der Waals surface area contributed by atoms with Crippen LogP contribution in [0.25, 0.3) is 11.3 Å². The Bertz CT molecular complexity index is 609. The van der Waals surface area contributed by atoms with E-state index in [-0.39, 0.29) is 0 Å². The number of aromatic nitrogens is 2. The van der Waals surface area contributed by atoms with Gasteiger partial charge in [-0.1, -0.05) is 13.0 Å². The van der Waals surface area contributed by atoms with E-state index in [1.807, 2.05) is 0 Å². The second-order valence-corrected chi connectivity index (χ2v) is 5.11. The Hall–Kier alpha value is -1.77. The minimum Gasteiger partial charge on any atom is -0.383 e. The molecule has 0 bridgehead atoms. The lowest BCUT2D eigenvalue weighted by Gasteiger charge is -2.09. The molecule has 2 N–H and O–H groups in total. The topological polar surface area (TPSA) is 43.8 Å². The highest BCUT2D eigenvalue weighted by molar-refractivity contribution is 5.74. The number of hydrogen-bond donors (Lipinski definition) is 1. The van der Waals surface area contributed by atoms with Crippen LogP contribution in [0.15, 0.2) is 12.1 Å². The minimum absolute atomic E-state index is 0.783. The van der Waals surface area contributed by atoms with Crippen LogP contribution in [0.3, 0.4) is 0 Å². The van der Waals surface area contributed by atoms with Crippen LogP contribution in [-0.2, 0) is 13.0 Å². The fourth-order valence-corrected chi connectivity index (χ4v) is 2.55. The number of nitrogen functional groups attached to an aromatic ring is 1. The Kier molecular flexibility index (Phi) is 3.65. The molecule has 0 aliphatic heterocycles. The second-order valence-electron chi connectivity index (χ2n) is 5.11. The fourth-order valence-electron chi connectivity index (χ4n) is 2.55. The Morgan fingerprint density at radius 1 is 1.05 bits per heavy atom. The maximum absolute atomic E-state index is 6.28. The lowest BCUT2D eigenvalue weighted by molar-refractivity contribution is 0.713. The molecule has 1 aromatic heterocycles. The van der Waals surface area contributed by atoms with E-state index in [2.05, 4.69) is 51.3 Å². The van der Waals surface area contributed by atoms with Crippen molar-refractivity contribution in [3.63, 3.8) is 0 Å². The van der Waals surface area contributed by atoms with Crippen molar-refractivity contribution < 1.29 is 0 Å². The number of imidazole rings is 1. The fraction of sp³-hybridized carbons (Fsp3) is 0.438. The van der Waals surface area contributed by atoms with Gasteiger partial charge in [-0.3, -0.25) is 0 Å². The molecule has 0 spiro atoms. The van der Waals surface area contributed by atoms with E-state index in [1.54, 1.807) is 0 Å². The molecule has 0 aliphatic rings. The van der Waals surface area contributed by atoms with E-state index in [4.69, 9.17) is 10.7 Å². The van der Waals surface area contributed by atoms with Crippen LogP contribution in [0.4, 0.5) is 5.82 Å². The average molecular weight is 257 g/mol. The van der Waals surface area contributed by atoms with Crippen molar-refractivity contribution in [2.45, 2.75) is 47.6 Å². The van der Waals surface area contributed by atoms with Crippen LogP contribution < -0.4 is 5.73 Å². The molecule has 0 saturated heterocycles. The smallest absolute Gasteiger partial charge is 0.131 e. The molecule has 1 heterocycles. The van der Waals surface area contributed by atoms with Gasteiger partial charge in [-0.15, -0.1) is 0 Å². The number of nitrogens with zero attached hydrogens (tertiary/aromatic N) is 2. The lowest BCUT2D eigenvalue weighted by atomic mass is 9.99. The Morgan fingerprint density at radius 3 is 2.21 bits per heavy atom. The summed E-state index contributed by atoms with van der Waals surface area (Å²) < 4.78 is 2.10. The maximum Gasteiger partial charge on any atom is 0.131 e. The predicted molar refractivity (Wildman–Crippen MR) is 81.3 cm³/mol. The third kappa shape index (κ3) is 2.25. The third-order valence-electron chi connectivity index (χ3n) is 3.81. The summed E-state index contributed by atoms with van der Waals surface area (Å²) in [6.07, 6.45) is 0.905. The SMILES string of the molecule is CCc1nc(-c2cc(C)c(C)cc2C)c(N)n1CC. The van der Waals surface area contributed by atoms with Crippen LogP contribution in [0, 0.1) is 20.8 Å². The van der Waals surface area contributed by atoms with Gasteiger partial charge in [0.25, 0.3) is 0 Å². The zero-order valence-corrected chi connectivity index (χ0v) is 12.5. The summed E-state index contributed by atoms with van der Waals surface area (Å²) in [4.78, 5) is 4.74. The molecule has 0 radical (unpaired) electrons. The Labute approximate surface area is 115 Å². The largest absolute Gasteiger partial charge is 0.383 e. The molecule has 0 unspecified atom stereocenters. The van der Waals surface area contributed by atoms with Crippen LogP contribution in [-0.4, -0.2) is 9.55 Å². The Morgan fingerprint density at radius 2 is 1.68 bits per heavy atom. The summed E-state index contributed by atoms with van der Waals surface area (Å²) in [5.41, 5.74) is 12.2. The van der Waals surface area contributed by atoms with Crippen LogP contribution in [0.1, 0.15) is 36.4 Å². The van der Waals surface area contributed by atoms with E-state index >= 15 is 0 Å². The third-order valence-corrected chi connectivity index (χ3v) is 3.81. The zero-order chi connectivity index (χ0) is 14.2. The van der Waals surface area contributed by atoms with Gasteiger partial charge in [0.1, 0.15) is 17.3 Å².